The lowest BCUT2D eigenvalue weighted by Crippen LogP contribution is -2.30. The Balaban J connectivity index is 1.48. The molecule has 1 N–H and O–H groups in total. The Morgan fingerprint density at radius 2 is 1.79 bits per heavy atom. The van der Waals surface area contributed by atoms with Crippen molar-refractivity contribution in [2.24, 2.45) is 0 Å². The van der Waals surface area contributed by atoms with Crippen molar-refractivity contribution in [1.82, 2.24) is 4.90 Å². The van der Waals surface area contributed by atoms with Crippen molar-refractivity contribution in [1.29, 1.82) is 0 Å². The maximum absolute atomic E-state index is 12.5. The fraction of sp³-hybridized carbons (Fsp3) is 0.650. The van der Waals surface area contributed by atoms with Gasteiger partial charge in [0.2, 0.25) is 5.91 Å². The highest BCUT2D eigenvalue weighted by Gasteiger charge is 2.44. The third-order valence-electron chi connectivity index (χ3n) is 5.32. The molecule has 4 nitrogen and oxygen atoms in total. The molecule has 2 saturated heterocycles. The summed E-state index contributed by atoms with van der Waals surface area (Å²) in [6.45, 7) is 3.47. The summed E-state index contributed by atoms with van der Waals surface area (Å²) in [5, 5.41) is 9.68. The molecule has 1 aromatic carbocycles. The van der Waals surface area contributed by atoms with E-state index in [1.807, 2.05) is 4.90 Å². The molecule has 0 unspecified atom stereocenters. The number of carbonyl (C=O) groups is 1. The minimum atomic E-state index is -0.346. The van der Waals surface area contributed by atoms with Crippen molar-refractivity contribution in [3.8, 4) is 0 Å². The SMILES string of the molecule is CCCCCCCCc1ccc(N2CN3C[C@H](O)C[C@H]3C2=O)cc1. The molecule has 132 valence electrons. The Hall–Kier alpha value is -1.39. The maximum Gasteiger partial charge on any atom is 0.245 e. The van der Waals surface area contributed by atoms with Crippen LogP contribution in [-0.2, 0) is 11.2 Å². The van der Waals surface area contributed by atoms with E-state index >= 15 is 0 Å². The van der Waals surface area contributed by atoms with Crippen LogP contribution in [0.5, 0.6) is 0 Å². The van der Waals surface area contributed by atoms with Gasteiger partial charge in [-0.25, -0.2) is 0 Å². The van der Waals surface area contributed by atoms with E-state index in [0.717, 1.165) is 12.1 Å². The number of carbonyl (C=O) groups excluding carboxylic acids is 1. The summed E-state index contributed by atoms with van der Waals surface area (Å²) in [5.41, 5.74) is 2.34. The van der Waals surface area contributed by atoms with Gasteiger partial charge in [-0.2, -0.15) is 0 Å². The monoisotopic (exact) mass is 330 g/mol. The molecule has 2 heterocycles. The highest BCUT2D eigenvalue weighted by atomic mass is 16.3. The van der Waals surface area contributed by atoms with E-state index in [9.17, 15) is 9.90 Å². The van der Waals surface area contributed by atoms with E-state index in [-0.39, 0.29) is 18.1 Å². The molecular formula is C20H30N2O2. The van der Waals surface area contributed by atoms with Gasteiger partial charge in [-0.1, -0.05) is 51.2 Å². The molecule has 2 aliphatic heterocycles. The summed E-state index contributed by atoms with van der Waals surface area (Å²) in [4.78, 5) is 16.4. The number of rotatable bonds is 8. The van der Waals surface area contributed by atoms with Gasteiger partial charge in [0.15, 0.2) is 0 Å². The number of anilines is 1. The molecule has 0 saturated carbocycles. The molecular weight excluding hydrogens is 300 g/mol. The minimum Gasteiger partial charge on any atom is -0.392 e. The fourth-order valence-electron chi connectivity index (χ4n) is 3.88. The highest BCUT2D eigenvalue weighted by Crippen LogP contribution is 2.30. The zero-order chi connectivity index (χ0) is 16.9. The van der Waals surface area contributed by atoms with Crippen LogP contribution in [-0.4, -0.2) is 41.3 Å². The molecule has 4 heteroatoms. The van der Waals surface area contributed by atoms with Crippen LogP contribution in [0.25, 0.3) is 0 Å². The molecule has 3 rings (SSSR count). The second-order valence-corrected chi connectivity index (χ2v) is 7.27. The van der Waals surface area contributed by atoms with E-state index in [4.69, 9.17) is 0 Å². The first kappa shape index (κ1) is 17.4. The topological polar surface area (TPSA) is 43.8 Å². The van der Waals surface area contributed by atoms with E-state index in [2.05, 4.69) is 36.1 Å². The van der Waals surface area contributed by atoms with Gasteiger partial charge in [0, 0.05) is 12.2 Å². The van der Waals surface area contributed by atoms with Crippen LogP contribution in [0, 0.1) is 0 Å². The molecule has 0 spiro atoms. The predicted molar refractivity (Wildman–Crippen MR) is 97.0 cm³/mol. The number of nitrogens with zero attached hydrogens (tertiary/aromatic N) is 2. The summed E-state index contributed by atoms with van der Waals surface area (Å²) < 4.78 is 0. The van der Waals surface area contributed by atoms with Crippen molar-refractivity contribution < 1.29 is 9.90 Å². The molecule has 0 bridgehead atoms. The number of aliphatic hydroxyl groups excluding tert-OH is 1. The normalized spacial score (nSPS) is 23.9. The van der Waals surface area contributed by atoms with Gasteiger partial charge in [0.1, 0.15) is 0 Å². The Morgan fingerprint density at radius 1 is 1.08 bits per heavy atom. The van der Waals surface area contributed by atoms with Crippen LogP contribution in [0.3, 0.4) is 0 Å². The van der Waals surface area contributed by atoms with Crippen LogP contribution < -0.4 is 4.90 Å². The third-order valence-corrected chi connectivity index (χ3v) is 5.32. The Morgan fingerprint density at radius 3 is 2.50 bits per heavy atom. The van der Waals surface area contributed by atoms with Crippen molar-refractivity contribution in [3.63, 3.8) is 0 Å². The first-order valence-electron chi connectivity index (χ1n) is 9.51. The first-order valence-corrected chi connectivity index (χ1v) is 9.51. The number of fused-ring (bicyclic) bond motifs is 1. The Bertz CT molecular complexity index is 543. The fourth-order valence-corrected chi connectivity index (χ4v) is 3.88. The second-order valence-electron chi connectivity index (χ2n) is 7.27. The second kappa shape index (κ2) is 8.13. The lowest BCUT2D eigenvalue weighted by atomic mass is 10.0. The standard InChI is InChI=1S/C20H30N2O2/c1-2-3-4-5-6-7-8-16-9-11-17(12-10-16)22-15-21-14-18(23)13-19(21)20(22)24/h9-12,18-19,23H,2-8,13-15H2,1H3/t18-,19+/m1/s1. The van der Waals surface area contributed by atoms with Crippen LogP contribution in [0.4, 0.5) is 5.69 Å². The van der Waals surface area contributed by atoms with E-state index in [0.29, 0.717) is 19.6 Å². The van der Waals surface area contributed by atoms with Crippen molar-refractivity contribution >= 4 is 11.6 Å². The molecule has 1 aromatic rings. The predicted octanol–water partition coefficient (Wildman–Crippen LogP) is 3.33. The van der Waals surface area contributed by atoms with Gasteiger partial charge in [-0.05, 0) is 37.0 Å². The summed E-state index contributed by atoms with van der Waals surface area (Å²) in [7, 11) is 0. The van der Waals surface area contributed by atoms with Crippen LogP contribution in [0.15, 0.2) is 24.3 Å². The molecule has 24 heavy (non-hydrogen) atoms. The van der Waals surface area contributed by atoms with Gasteiger partial charge in [-0.15, -0.1) is 0 Å². The van der Waals surface area contributed by atoms with Crippen LogP contribution in [0.2, 0.25) is 0 Å². The number of aryl methyl sites for hydroxylation is 1. The zero-order valence-electron chi connectivity index (χ0n) is 14.8. The number of hydrogen-bond donors (Lipinski definition) is 1. The number of unbranched alkanes of at least 4 members (excludes halogenated alkanes) is 5. The molecule has 2 fully saturated rings. The third kappa shape index (κ3) is 3.98. The van der Waals surface area contributed by atoms with E-state index < -0.39 is 0 Å². The molecule has 0 aliphatic carbocycles. The molecule has 0 radical (unpaired) electrons. The maximum atomic E-state index is 12.5. The van der Waals surface area contributed by atoms with E-state index in [1.165, 1.54) is 44.1 Å². The Labute approximate surface area is 145 Å². The largest absolute Gasteiger partial charge is 0.392 e. The molecule has 1 amide bonds. The van der Waals surface area contributed by atoms with Gasteiger partial charge < -0.3 is 5.11 Å². The van der Waals surface area contributed by atoms with E-state index in [1.54, 1.807) is 0 Å². The smallest absolute Gasteiger partial charge is 0.245 e. The van der Waals surface area contributed by atoms with Crippen LogP contribution >= 0.6 is 0 Å². The summed E-state index contributed by atoms with van der Waals surface area (Å²) in [5.74, 6) is 0.134. The summed E-state index contributed by atoms with van der Waals surface area (Å²) >= 11 is 0. The lowest BCUT2D eigenvalue weighted by molar-refractivity contribution is -0.119. The Kier molecular flexibility index (Phi) is 5.90. The van der Waals surface area contributed by atoms with Gasteiger partial charge in [0.05, 0.1) is 18.8 Å². The van der Waals surface area contributed by atoms with Gasteiger partial charge in [0.25, 0.3) is 0 Å². The minimum absolute atomic E-state index is 0.122. The van der Waals surface area contributed by atoms with Crippen molar-refractivity contribution in [3.05, 3.63) is 29.8 Å². The highest BCUT2D eigenvalue weighted by molar-refractivity contribution is 5.99. The lowest BCUT2D eigenvalue weighted by Gasteiger charge is -2.18. The number of aliphatic hydroxyl groups is 1. The summed E-state index contributed by atoms with van der Waals surface area (Å²) in [6, 6.07) is 8.34. The van der Waals surface area contributed by atoms with Crippen LogP contribution in [0.1, 0.15) is 57.4 Å². The first-order chi connectivity index (χ1) is 11.7. The van der Waals surface area contributed by atoms with Crippen molar-refractivity contribution in [2.45, 2.75) is 70.4 Å². The summed E-state index contributed by atoms with van der Waals surface area (Å²) in [6.07, 6.45) is 9.27. The number of benzene rings is 1. The average molecular weight is 330 g/mol. The zero-order valence-corrected chi connectivity index (χ0v) is 14.8. The van der Waals surface area contributed by atoms with Gasteiger partial charge in [-0.3, -0.25) is 14.6 Å². The quantitative estimate of drug-likeness (QED) is 0.744. The molecule has 2 atom stereocenters. The molecule has 0 aromatic heterocycles. The van der Waals surface area contributed by atoms with Gasteiger partial charge >= 0.3 is 0 Å². The number of hydrogen-bond acceptors (Lipinski definition) is 3. The number of amides is 1. The van der Waals surface area contributed by atoms with Crippen molar-refractivity contribution in [2.75, 3.05) is 18.1 Å². The molecule has 2 aliphatic rings. The average Bonchev–Trinajstić information content (AvgIpc) is 3.09.